The number of hydrogen-bond acceptors (Lipinski definition) is 7. The van der Waals surface area contributed by atoms with Gasteiger partial charge in [0.1, 0.15) is 6.04 Å². The molecule has 190 valence electrons. The van der Waals surface area contributed by atoms with Gasteiger partial charge in [-0.25, -0.2) is 5.48 Å². The van der Waals surface area contributed by atoms with Crippen LogP contribution in [0.25, 0.3) is 0 Å². The molecule has 0 saturated carbocycles. The Morgan fingerprint density at radius 1 is 1.06 bits per heavy atom. The van der Waals surface area contributed by atoms with Crippen LogP contribution in [0.15, 0.2) is 48.5 Å². The van der Waals surface area contributed by atoms with Crippen LogP contribution in [0, 0.1) is 11.8 Å². The lowest BCUT2D eigenvalue weighted by atomic mass is 10.1. The Labute approximate surface area is 209 Å². The van der Waals surface area contributed by atoms with Crippen molar-refractivity contribution in [2.75, 3.05) is 25.0 Å². The molecule has 0 aliphatic carbocycles. The van der Waals surface area contributed by atoms with Gasteiger partial charge in [0.05, 0.1) is 12.6 Å². The van der Waals surface area contributed by atoms with Crippen molar-refractivity contribution >= 4 is 23.4 Å². The number of rotatable bonds is 9. The first kappa shape index (κ1) is 26.8. The molecule has 1 unspecified atom stereocenters. The molecule has 0 aromatic heterocycles. The molecule has 2 aromatic rings. The summed E-state index contributed by atoms with van der Waals surface area (Å²) in [6, 6.07) is 12.7. The Morgan fingerprint density at radius 2 is 1.69 bits per heavy atom. The zero-order valence-corrected chi connectivity index (χ0v) is 20.0. The summed E-state index contributed by atoms with van der Waals surface area (Å²) < 4.78 is 0. The van der Waals surface area contributed by atoms with Crippen molar-refractivity contribution in [1.29, 1.82) is 0 Å². The van der Waals surface area contributed by atoms with E-state index in [1.165, 1.54) is 18.8 Å². The van der Waals surface area contributed by atoms with Gasteiger partial charge in [-0.1, -0.05) is 11.8 Å². The Morgan fingerprint density at radius 3 is 2.25 bits per heavy atom. The van der Waals surface area contributed by atoms with E-state index < -0.39 is 24.0 Å². The van der Waals surface area contributed by atoms with Crippen LogP contribution in [0.2, 0.25) is 0 Å². The van der Waals surface area contributed by atoms with Crippen LogP contribution in [0.3, 0.4) is 0 Å². The minimum Gasteiger partial charge on any atom is -0.391 e. The summed E-state index contributed by atoms with van der Waals surface area (Å²) in [5, 5.41) is 30.2. The predicted octanol–water partition coefficient (Wildman–Crippen LogP) is 0.351. The normalized spacial score (nSPS) is 16.2. The highest BCUT2D eigenvalue weighted by Gasteiger charge is 2.25. The van der Waals surface area contributed by atoms with Gasteiger partial charge in [0.25, 0.3) is 11.8 Å². The summed E-state index contributed by atoms with van der Waals surface area (Å²) >= 11 is 0. The van der Waals surface area contributed by atoms with Crippen LogP contribution in [0.1, 0.15) is 41.3 Å². The van der Waals surface area contributed by atoms with Gasteiger partial charge in [-0.3, -0.25) is 19.6 Å². The number of anilines is 1. The van der Waals surface area contributed by atoms with Gasteiger partial charge in [0.15, 0.2) is 0 Å². The maximum atomic E-state index is 12.3. The van der Waals surface area contributed by atoms with Gasteiger partial charge >= 0.3 is 0 Å². The summed E-state index contributed by atoms with van der Waals surface area (Å²) in [4.78, 5) is 36.0. The molecule has 7 N–H and O–H groups in total. The van der Waals surface area contributed by atoms with Crippen molar-refractivity contribution in [3.05, 3.63) is 65.2 Å². The number of carbonyl (C=O) groups is 3. The number of aliphatic hydroxyl groups excluding tert-OH is 1. The van der Waals surface area contributed by atoms with E-state index >= 15 is 0 Å². The van der Waals surface area contributed by atoms with Crippen molar-refractivity contribution in [2.45, 2.75) is 38.0 Å². The number of nitrogens with one attached hydrogen (secondary N) is 5. The molecule has 3 rings (SSSR count). The van der Waals surface area contributed by atoms with Gasteiger partial charge in [-0.05, 0) is 74.8 Å². The summed E-state index contributed by atoms with van der Waals surface area (Å²) in [5.41, 5.74) is 3.81. The second-order valence-corrected chi connectivity index (χ2v) is 8.54. The largest absolute Gasteiger partial charge is 0.391 e. The molecule has 1 aliphatic heterocycles. The molecule has 1 fully saturated rings. The maximum absolute atomic E-state index is 12.3. The molecule has 1 saturated heterocycles. The van der Waals surface area contributed by atoms with Gasteiger partial charge in [0.2, 0.25) is 5.91 Å². The first-order valence-electron chi connectivity index (χ1n) is 11.7. The van der Waals surface area contributed by atoms with Crippen molar-refractivity contribution in [2.24, 2.45) is 0 Å². The molecule has 3 atom stereocenters. The van der Waals surface area contributed by atoms with Crippen molar-refractivity contribution in [3.8, 4) is 11.8 Å². The fourth-order valence-electron chi connectivity index (χ4n) is 3.68. The van der Waals surface area contributed by atoms with E-state index in [0.717, 1.165) is 25.1 Å². The predicted molar refractivity (Wildman–Crippen MR) is 134 cm³/mol. The van der Waals surface area contributed by atoms with Crippen molar-refractivity contribution in [1.82, 2.24) is 21.4 Å². The van der Waals surface area contributed by atoms with Crippen LogP contribution in [0.5, 0.6) is 0 Å². The van der Waals surface area contributed by atoms with E-state index in [-0.39, 0.29) is 18.0 Å². The first-order valence-corrected chi connectivity index (χ1v) is 11.7. The topological polar surface area (TPSA) is 152 Å². The van der Waals surface area contributed by atoms with Gasteiger partial charge in [-0.2, -0.15) is 0 Å². The highest BCUT2D eigenvalue weighted by molar-refractivity contribution is 5.97. The summed E-state index contributed by atoms with van der Waals surface area (Å²) in [5.74, 6) is 4.44. The molecule has 10 nitrogen and oxygen atoms in total. The smallest absolute Gasteiger partial charge is 0.268 e. The molecule has 0 bridgehead atoms. The van der Waals surface area contributed by atoms with E-state index in [2.05, 4.69) is 33.1 Å². The molecule has 3 amide bonds. The van der Waals surface area contributed by atoms with Crippen LogP contribution in [0.4, 0.5) is 5.69 Å². The Bertz CT molecular complexity index is 1100. The van der Waals surface area contributed by atoms with Crippen LogP contribution >= 0.6 is 0 Å². The van der Waals surface area contributed by atoms with Crippen LogP contribution in [-0.2, 0) is 9.59 Å². The van der Waals surface area contributed by atoms with E-state index in [9.17, 15) is 19.5 Å². The standard InChI is InChI=1S/C26H31N5O5/c1-17(32)24(26(35)31-36)30-25(34)20-10-6-18(7-11-20)4-5-19-8-12-21(13-9-19)29-23(33)16-27-15-22-3-2-14-28-22/h6-13,17,22,24,27-28,32,36H,2-3,14-16H2,1H3,(H,29,33)(H,30,34)(H,31,35)/t17-,22?,24+/m1/s1. The summed E-state index contributed by atoms with van der Waals surface area (Å²) in [7, 11) is 0. The van der Waals surface area contributed by atoms with Crippen LogP contribution < -0.4 is 26.7 Å². The quantitative estimate of drug-likeness (QED) is 0.151. The Balaban J connectivity index is 1.49. The molecule has 1 aliphatic rings. The number of hydrogen-bond donors (Lipinski definition) is 7. The SMILES string of the molecule is C[C@@H](O)[C@H](NC(=O)c1ccc(C#Cc2ccc(NC(=O)CNCC3CCCN3)cc2)cc1)C(=O)NO. The number of carbonyl (C=O) groups excluding carboxylic acids is 3. The fourth-order valence-corrected chi connectivity index (χ4v) is 3.68. The van der Waals surface area contributed by atoms with Gasteiger partial charge < -0.3 is 26.4 Å². The number of aliphatic hydroxyl groups is 1. The van der Waals surface area contributed by atoms with Gasteiger partial charge in [0, 0.05) is 35.0 Å². The zero-order chi connectivity index (χ0) is 25.9. The summed E-state index contributed by atoms with van der Waals surface area (Å²) in [6.07, 6.45) is 1.11. The Kier molecular flexibility index (Phi) is 9.97. The monoisotopic (exact) mass is 493 g/mol. The van der Waals surface area contributed by atoms with Crippen molar-refractivity contribution < 1.29 is 24.7 Å². The lowest BCUT2D eigenvalue weighted by Gasteiger charge is -2.19. The van der Waals surface area contributed by atoms with Crippen LogP contribution in [-0.4, -0.2) is 65.9 Å². The summed E-state index contributed by atoms with van der Waals surface area (Å²) in [6.45, 7) is 3.39. The highest BCUT2D eigenvalue weighted by Crippen LogP contribution is 2.10. The molecule has 1 heterocycles. The molecule has 36 heavy (non-hydrogen) atoms. The fraction of sp³-hybridized carbons (Fsp3) is 0.346. The molecular formula is C26H31N5O5. The number of hydroxylamine groups is 1. The van der Waals surface area contributed by atoms with E-state index in [1.807, 2.05) is 12.1 Å². The lowest BCUT2D eigenvalue weighted by Crippen LogP contribution is -2.51. The van der Waals surface area contributed by atoms with Gasteiger partial charge in [-0.15, -0.1) is 0 Å². The molecule has 2 aromatic carbocycles. The lowest BCUT2D eigenvalue weighted by molar-refractivity contribution is -0.133. The average Bonchev–Trinajstić information content (AvgIpc) is 3.40. The molecule has 0 spiro atoms. The maximum Gasteiger partial charge on any atom is 0.268 e. The minimum atomic E-state index is -1.29. The Hall–Kier alpha value is -3.75. The minimum absolute atomic E-state index is 0.104. The van der Waals surface area contributed by atoms with E-state index in [1.54, 1.807) is 36.4 Å². The number of benzene rings is 2. The third-order valence-corrected chi connectivity index (χ3v) is 5.67. The highest BCUT2D eigenvalue weighted by atomic mass is 16.5. The third kappa shape index (κ3) is 8.18. The zero-order valence-electron chi connectivity index (χ0n) is 20.0. The third-order valence-electron chi connectivity index (χ3n) is 5.67. The second kappa shape index (κ2) is 13.4. The molecular weight excluding hydrogens is 462 g/mol. The first-order chi connectivity index (χ1) is 17.4. The average molecular weight is 494 g/mol. The molecule has 10 heteroatoms. The van der Waals surface area contributed by atoms with Crippen molar-refractivity contribution in [3.63, 3.8) is 0 Å². The number of amides is 3. The second-order valence-electron chi connectivity index (χ2n) is 8.54. The van der Waals surface area contributed by atoms with E-state index in [4.69, 9.17) is 5.21 Å². The molecule has 0 radical (unpaired) electrons. The van der Waals surface area contributed by atoms with E-state index in [0.29, 0.717) is 17.3 Å².